The predicted octanol–water partition coefficient (Wildman–Crippen LogP) is 5.22. The average molecular weight is 473 g/mol. The van der Waals surface area contributed by atoms with Crippen LogP contribution in [0.4, 0.5) is 5.69 Å². The summed E-state index contributed by atoms with van der Waals surface area (Å²) in [6, 6.07) is 18.0. The van der Waals surface area contributed by atoms with E-state index in [2.05, 4.69) is 41.3 Å². The van der Waals surface area contributed by atoms with Crippen LogP contribution < -0.4 is 5.32 Å². The number of hydrogen-bond acceptors (Lipinski definition) is 4. The Balaban J connectivity index is 1.30. The first-order valence-corrected chi connectivity index (χ1v) is 12.6. The molecule has 0 bridgehead atoms. The van der Waals surface area contributed by atoms with E-state index in [4.69, 9.17) is 0 Å². The molecule has 1 amide bonds. The standard InChI is InChI=1S/C29H36N4O2/c1-20(2)18-23-10-12-24(13-11-23)29(35)25-14-16-32(17-15-25)19-27(34)30-28-21(3)31-33(22(28)4)26-8-6-5-7-9-26/h5-13,20,25H,14-19H2,1-4H3,(H,30,34). The summed E-state index contributed by atoms with van der Waals surface area (Å²) in [5, 5.41) is 7.67. The molecular weight excluding hydrogens is 436 g/mol. The van der Waals surface area contributed by atoms with Crippen molar-refractivity contribution >= 4 is 17.4 Å². The first kappa shape index (κ1) is 24.9. The van der Waals surface area contributed by atoms with Crippen LogP contribution in [0, 0.1) is 25.7 Å². The van der Waals surface area contributed by atoms with Crippen LogP contribution in [0.5, 0.6) is 0 Å². The minimum absolute atomic E-state index is 0.0267. The monoisotopic (exact) mass is 472 g/mol. The smallest absolute Gasteiger partial charge is 0.238 e. The number of rotatable bonds is 8. The Morgan fingerprint density at radius 1 is 1.00 bits per heavy atom. The van der Waals surface area contributed by atoms with Gasteiger partial charge in [0.2, 0.25) is 5.91 Å². The van der Waals surface area contributed by atoms with Gasteiger partial charge in [0.15, 0.2) is 5.78 Å². The highest BCUT2D eigenvalue weighted by Crippen LogP contribution is 2.24. The van der Waals surface area contributed by atoms with E-state index in [0.29, 0.717) is 12.5 Å². The summed E-state index contributed by atoms with van der Waals surface area (Å²) >= 11 is 0. The van der Waals surface area contributed by atoms with Crippen molar-refractivity contribution in [3.05, 3.63) is 77.1 Å². The number of hydrogen-bond donors (Lipinski definition) is 1. The Morgan fingerprint density at radius 3 is 2.29 bits per heavy atom. The highest BCUT2D eigenvalue weighted by atomic mass is 16.2. The molecule has 2 aromatic carbocycles. The lowest BCUT2D eigenvalue weighted by atomic mass is 9.88. The van der Waals surface area contributed by atoms with E-state index in [1.54, 1.807) is 0 Å². The van der Waals surface area contributed by atoms with Crippen molar-refractivity contribution in [3.63, 3.8) is 0 Å². The van der Waals surface area contributed by atoms with Crippen molar-refractivity contribution in [1.82, 2.24) is 14.7 Å². The van der Waals surface area contributed by atoms with Crippen LogP contribution in [0.3, 0.4) is 0 Å². The van der Waals surface area contributed by atoms with Gasteiger partial charge in [0.1, 0.15) is 0 Å². The van der Waals surface area contributed by atoms with Gasteiger partial charge in [-0.1, -0.05) is 56.3 Å². The van der Waals surface area contributed by atoms with Crippen LogP contribution in [0.15, 0.2) is 54.6 Å². The Bertz CT molecular complexity index is 1160. The molecule has 0 aliphatic carbocycles. The van der Waals surface area contributed by atoms with Crippen LogP contribution in [0.1, 0.15) is 54.0 Å². The number of nitrogens with zero attached hydrogens (tertiary/aromatic N) is 3. The summed E-state index contributed by atoms with van der Waals surface area (Å²) in [5.74, 6) is 0.809. The number of para-hydroxylation sites is 1. The number of anilines is 1. The van der Waals surface area contributed by atoms with Crippen LogP contribution in [-0.4, -0.2) is 46.0 Å². The summed E-state index contributed by atoms with van der Waals surface area (Å²) < 4.78 is 1.86. The maximum Gasteiger partial charge on any atom is 0.238 e. The molecule has 35 heavy (non-hydrogen) atoms. The summed E-state index contributed by atoms with van der Waals surface area (Å²) in [7, 11) is 0. The summed E-state index contributed by atoms with van der Waals surface area (Å²) in [5.41, 5.74) is 5.51. The number of amides is 1. The molecule has 1 fully saturated rings. The zero-order valence-electron chi connectivity index (χ0n) is 21.3. The Labute approximate surface area is 208 Å². The quantitative estimate of drug-likeness (QED) is 0.457. The van der Waals surface area contributed by atoms with Crippen LogP contribution in [-0.2, 0) is 11.2 Å². The fraction of sp³-hybridized carbons (Fsp3) is 0.414. The zero-order chi connectivity index (χ0) is 24.9. The molecule has 1 N–H and O–H groups in total. The average Bonchev–Trinajstić information content (AvgIpc) is 3.13. The lowest BCUT2D eigenvalue weighted by Crippen LogP contribution is -2.40. The molecule has 1 aliphatic rings. The van der Waals surface area contributed by atoms with E-state index in [0.717, 1.165) is 60.7 Å². The molecule has 1 saturated heterocycles. The van der Waals surface area contributed by atoms with Gasteiger partial charge < -0.3 is 5.32 Å². The van der Waals surface area contributed by atoms with Crippen molar-refractivity contribution in [2.24, 2.45) is 11.8 Å². The van der Waals surface area contributed by atoms with E-state index in [1.807, 2.05) is 61.0 Å². The summed E-state index contributed by atoms with van der Waals surface area (Å²) in [6.45, 7) is 10.1. The fourth-order valence-electron chi connectivity index (χ4n) is 4.89. The van der Waals surface area contributed by atoms with Crippen molar-refractivity contribution in [2.45, 2.75) is 47.0 Å². The van der Waals surface area contributed by atoms with Gasteiger partial charge in [-0.15, -0.1) is 0 Å². The number of likely N-dealkylation sites (tertiary alicyclic amines) is 1. The summed E-state index contributed by atoms with van der Waals surface area (Å²) in [6.07, 6.45) is 2.59. The fourth-order valence-corrected chi connectivity index (χ4v) is 4.89. The van der Waals surface area contributed by atoms with Crippen LogP contribution >= 0.6 is 0 Å². The van der Waals surface area contributed by atoms with Gasteiger partial charge in [-0.3, -0.25) is 14.5 Å². The number of nitrogens with one attached hydrogen (secondary N) is 1. The number of Topliss-reactive ketones (excluding diaryl/α,β-unsaturated/α-hetero) is 1. The molecule has 6 heteroatoms. The van der Waals surface area contributed by atoms with Gasteiger partial charge in [-0.05, 0) is 69.8 Å². The van der Waals surface area contributed by atoms with Crippen LogP contribution in [0.2, 0.25) is 0 Å². The van der Waals surface area contributed by atoms with Gasteiger partial charge in [-0.25, -0.2) is 4.68 Å². The second-order valence-corrected chi connectivity index (χ2v) is 10.1. The van der Waals surface area contributed by atoms with Crippen molar-refractivity contribution < 1.29 is 9.59 Å². The third kappa shape index (κ3) is 6.06. The topological polar surface area (TPSA) is 67.2 Å². The third-order valence-corrected chi connectivity index (χ3v) is 6.76. The minimum atomic E-state index is -0.0469. The molecule has 0 unspecified atom stereocenters. The van der Waals surface area contributed by atoms with Gasteiger partial charge in [0, 0.05) is 11.5 Å². The minimum Gasteiger partial charge on any atom is -0.322 e. The van der Waals surface area contributed by atoms with E-state index >= 15 is 0 Å². The second-order valence-electron chi connectivity index (χ2n) is 10.1. The van der Waals surface area contributed by atoms with Crippen molar-refractivity contribution in [2.75, 3.05) is 25.0 Å². The van der Waals surface area contributed by atoms with Crippen molar-refractivity contribution in [1.29, 1.82) is 0 Å². The van der Waals surface area contributed by atoms with Gasteiger partial charge in [-0.2, -0.15) is 5.10 Å². The molecule has 6 nitrogen and oxygen atoms in total. The van der Waals surface area contributed by atoms with E-state index in [-0.39, 0.29) is 17.6 Å². The number of aromatic nitrogens is 2. The van der Waals surface area contributed by atoms with E-state index in [1.165, 1.54) is 5.56 Å². The summed E-state index contributed by atoms with van der Waals surface area (Å²) in [4.78, 5) is 27.9. The Kier molecular flexibility index (Phi) is 7.81. The second kappa shape index (κ2) is 11.0. The first-order valence-electron chi connectivity index (χ1n) is 12.6. The number of carbonyl (C=O) groups excluding carboxylic acids is 2. The first-order chi connectivity index (χ1) is 16.8. The highest BCUT2D eigenvalue weighted by molar-refractivity contribution is 5.98. The molecule has 2 heterocycles. The molecule has 0 radical (unpaired) electrons. The van der Waals surface area contributed by atoms with Crippen LogP contribution in [0.25, 0.3) is 5.69 Å². The number of piperidine rings is 1. The molecule has 1 aliphatic heterocycles. The molecule has 0 atom stereocenters. The predicted molar refractivity (Wildman–Crippen MR) is 140 cm³/mol. The molecular formula is C29H36N4O2. The number of carbonyl (C=O) groups is 2. The largest absolute Gasteiger partial charge is 0.322 e. The lowest BCUT2D eigenvalue weighted by Gasteiger charge is -2.30. The molecule has 0 saturated carbocycles. The zero-order valence-corrected chi connectivity index (χ0v) is 21.3. The van der Waals surface area contributed by atoms with Gasteiger partial charge >= 0.3 is 0 Å². The van der Waals surface area contributed by atoms with E-state index in [9.17, 15) is 9.59 Å². The molecule has 1 aromatic heterocycles. The number of benzene rings is 2. The Morgan fingerprint density at radius 2 is 1.66 bits per heavy atom. The van der Waals surface area contributed by atoms with Gasteiger partial charge in [0.25, 0.3) is 0 Å². The maximum absolute atomic E-state index is 13.0. The normalized spacial score (nSPS) is 14.9. The lowest BCUT2D eigenvalue weighted by molar-refractivity contribution is -0.117. The number of ketones is 1. The number of aryl methyl sites for hydroxylation is 1. The highest BCUT2D eigenvalue weighted by Gasteiger charge is 2.27. The molecule has 3 aromatic rings. The van der Waals surface area contributed by atoms with Gasteiger partial charge in [0.05, 0.1) is 29.3 Å². The van der Waals surface area contributed by atoms with E-state index < -0.39 is 0 Å². The maximum atomic E-state index is 13.0. The molecule has 0 spiro atoms. The molecule has 4 rings (SSSR count). The SMILES string of the molecule is Cc1nn(-c2ccccc2)c(C)c1NC(=O)CN1CCC(C(=O)c2ccc(CC(C)C)cc2)CC1. The Hall–Kier alpha value is -3.25. The third-order valence-electron chi connectivity index (χ3n) is 6.76. The molecule has 184 valence electrons. The van der Waals surface area contributed by atoms with Crippen molar-refractivity contribution in [3.8, 4) is 5.69 Å².